The van der Waals surface area contributed by atoms with Gasteiger partial charge < -0.3 is 10.8 Å². The molecule has 1 atom stereocenters. The number of carboxylic acids is 1. The summed E-state index contributed by atoms with van der Waals surface area (Å²) in [5.41, 5.74) is 12.7. The first-order valence-electron chi connectivity index (χ1n) is 11.6. The van der Waals surface area contributed by atoms with Crippen LogP contribution in [0.5, 0.6) is 0 Å². The quantitative estimate of drug-likeness (QED) is 0.540. The van der Waals surface area contributed by atoms with Crippen LogP contribution in [0.1, 0.15) is 61.8 Å². The van der Waals surface area contributed by atoms with E-state index in [1.165, 1.54) is 48.1 Å². The number of carbonyl (C=O) groups is 1. The topological polar surface area (TPSA) is 79.5 Å². The van der Waals surface area contributed by atoms with Gasteiger partial charge in [-0.1, -0.05) is 25.1 Å². The van der Waals surface area contributed by atoms with E-state index in [2.05, 4.69) is 53.2 Å². The molecule has 2 aliphatic rings. The number of carboxylic acid groups (broad SMARTS) is 1. The van der Waals surface area contributed by atoms with Crippen molar-refractivity contribution in [1.29, 1.82) is 0 Å². The van der Waals surface area contributed by atoms with E-state index in [1.807, 2.05) is 12.3 Å². The van der Waals surface area contributed by atoms with E-state index in [9.17, 15) is 13.2 Å². The minimum atomic E-state index is -5.08. The summed E-state index contributed by atoms with van der Waals surface area (Å²) in [6.07, 6.45) is 5.28. The van der Waals surface area contributed by atoms with Crippen molar-refractivity contribution in [1.82, 2.24) is 9.88 Å². The number of aliphatic carboxylic acids is 1. The van der Waals surface area contributed by atoms with E-state index < -0.39 is 12.1 Å². The molecule has 1 aliphatic carbocycles. The van der Waals surface area contributed by atoms with Crippen molar-refractivity contribution in [3.8, 4) is 0 Å². The first-order valence-corrected chi connectivity index (χ1v) is 11.6. The second-order valence-electron chi connectivity index (χ2n) is 9.13. The Kier molecular flexibility index (Phi) is 8.72. The molecule has 4 rings (SSSR count). The molecule has 184 valence electrons. The highest BCUT2D eigenvalue weighted by molar-refractivity contribution is 5.76. The van der Waals surface area contributed by atoms with Crippen LogP contribution in [-0.4, -0.2) is 40.2 Å². The van der Waals surface area contributed by atoms with Crippen molar-refractivity contribution in [3.63, 3.8) is 0 Å². The number of benzene rings is 1. The monoisotopic (exact) mass is 475 g/mol. The number of aromatic nitrogens is 1. The summed E-state index contributed by atoms with van der Waals surface area (Å²) in [7, 11) is 0. The molecule has 0 amide bonds. The lowest BCUT2D eigenvalue weighted by Gasteiger charge is -2.32. The van der Waals surface area contributed by atoms with E-state index >= 15 is 0 Å². The summed E-state index contributed by atoms with van der Waals surface area (Å²) in [4.78, 5) is 15.9. The third kappa shape index (κ3) is 7.32. The number of pyridine rings is 1. The molecule has 1 saturated heterocycles. The molecule has 3 N–H and O–H groups in total. The van der Waals surface area contributed by atoms with Crippen LogP contribution in [0.25, 0.3) is 5.57 Å². The van der Waals surface area contributed by atoms with Gasteiger partial charge in [0.15, 0.2) is 0 Å². The van der Waals surface area contributed by atoms with Crippen LogP contribution < -0.4 is 5.73 Å². The third-order valence-corrected chi connectivity index (χ3v) is 6.51. The van der Waals surface area contributed by atoms with Crippen LogP contribution in [-0.2, 0) is 11.3 Å². The van der Waals surface area contributed by atoms with E-state index in [4.69, 9.17) is 15.6 Å². The number of hydrogen-bond donors (Lipinski definition) is 2. The molecule has 1 fully saturated rings. The molecule has 1 unspecified atom stereocenters. The number of alkyl halides is 3. The molecule has 8 heteroatoms. The Hall–Kier alpha value is -2.87. The predicted molar refractivity (Wildman–Crippen MR) is 127 cm³/mol. The summed E-state index contributed by atoms with van der Waals surface area (Å²) in [6, 6.07) is 12.9. The van der Waals surface area contributed by atoms with Crippen molar-refractivity contribution < 1.29 is 23.1 Å². The van der Waals surface area contributed by atoms with Crippen LogP contribution in [0.4, 0.5) is 18.9 Å². The van der Waals surface area contributed by atoms with Crippen molar-refractivity contribution in [2.75, 3.05) is 18.8 Å². The lowest BCUT2D eigenvalue weighted by atomic mass is 9.84. The zero-order valence-electron chi connectivity index (χ0n) is 19.4. The Balaban J connectivity index is 0.000000406. The Bertz CT molecular complexity index is 985. The maximum absolute atomic E-state index is 10.6. The third-order valence-electron chi connectivity index (χ3n) is 6.51. The Labute approximate surface area is 198 Å². The van der Waals surface area contributed by atoms with Gasteiger partial charge >= 0.3 is 12.1 Å². The van der Waals surface area contributed by atoms with E-state index in [0.717, 1.165) is 37.7 Å². The van der Waals surface area contributed by atoms with Gasteiger partial charge in [0.05, 0.1) is 5.69 Å². The minimum Gasteiger partial charge on any atom is -0.475 e. The highest BCUT2D eigenvalue weighted by Crippen LogP contribution is 2.36. The lowest BCUT2D eigenvalue weighted by Crippen LogP contribution is -2.32. The number of nitrogen functional groups attached to an aromatic ring is 1. The lowest BCUT2D eigenvalue weighted by molar-refractivity contribution is -0.192. The summed E-state index contributed by atoms with van der Waals surface area (Å²) in [5.74, 6) is -1.30. The van der Waals surface area contributed by atoms with Gasteiger partial charge in [-0.05, 0) is 92.4 Å². The second kappa shape index (κ2) is 11.5. The number of nitrogens with zero attached hydrogens (tertiary/aromatic N) is 2. The Morgan fingerprint density at radius 2 is 1.88 bits per heavy atom. The first kappa shape index (κ1) is 25.7. The van der Waals surface area contributed by atoms with Gasteiger partial charge in [0.1, 0.15) is 0 Å². The van der Waals surface area contributed by atoms with Gasteiger partial charge in [0, 0.05) is 24.0 Å². The van der Waals surface area contributed by atoms with Crippen molar-refractivity contribution in [3.05, 3.63) is 65.5 Å². The predicted octanol–water partition coefficient (Wildman–Crippen LogP) is 5.88. The van der Waals surface area contributed by atoms with E-state index in [0.29, 0.717) is 5.92 Å². The van der Waals surface area contributed by atoms with Gasteiger partial charge in [0.2, 0.25) is 0 Å². The molecule has 1 aromatic heterocycles. The number of allylic oxidation sites excluding steroid dienone is 2. The van der Waals surface area contributed by atoms with Crippen LogP contribution in [0.3, 0.4) is 0 Å². The number of rotatable bonds is 4. The zero-order chi connectivity index (χ0) is 24.7. The fourth-order valence-corrected chi connectivity index (χ4v) is 4.46. The van der Waals surface area contributed by atoms with Gasteiger partial charge in [-0.15, -0.1) is 0 Å². The van der Waals surface area contributed by atoms with Gasteiger partial charge in [-0.25, -0.2) is 4.79 Å². The Morgan fingerprint density at radius 3 is 2.44 bits per heavy atom. The van der Waals surface area contributed by atoms with Crippen molar-refractivity contribution >= 4 is 17.2 Å². The van der Waals surface area contributed by atoms with Crippen molar-refractivity contribution in [2.24, 2.45) is 5.92 Å². The summed E-state index contributed by atoms with van der Waals surface area (Å²) in [6.45, 7) is 5.58. The molecule has 2 aromatic rings. The first-order chi connectivity index (χ1) is 16.1. The largest absolute Gasteiger partial charge is 0.490 e. The molecule has 0 saturated carbocycles. The smallest absolute Gasteiger partial charge is 0.475 e. The van der Waals surface area contributed by atoms with Crippen LogP contribution in [0, 0.1) is 5.92 Å². The number of piperidine rings is 1. The number of halogens is 3. The molecular weight excluding hydrogens is 443 g/mol. The average molecular weight is 476 g/mol. The van der Waals surface area contributed by atoms with Gasteiger partial charge in [0.25, 0.3) is 0 Å². The number of hydrogen-bond acceptors (Lipinski definition) is 4. The standard InChI is InChI=1S/C24H31N3.C2HF3O2/c1-18-5-7-20(8-6-18)23-16-21(9-10-24(23)25)19-11-14-27(15-12-19)17-22-4-2-3-13-26-22;3-2(4,5)1(6)7/h2-4,7,9-10,13,16,18-19H,5-6,8,11-12,14-15,17,25H2,1H3;(H,6,7). The van der Waals surface area contributed by atoms with Crippen molar-refractivity contribution in [2.45, 2.75) is 57.7 Å². The second-order valence-corrected chi connectivity index (χ2v) is 9.13. The molecule has 2 heterocycles. The molecule has 0 radical (unpaired) electrons. The highest BCUT2D eigenvalue weighted by Gasteiger charge is 2.38. The molecule has 0 spiro atoms. The van der Waals surface area contributed by atoms with E-state index in [1.54, 1.807) is 0 Å². The fraction of sp³-hybridized carbons (Fsp3) is 0.462. The number of likely N-dealkylation sites (tertiary alicyclic amines) is 1. The van der Waals surface area contributed by atoms with E-state index in [-0.39, 0.29) is 0 Å². The summed E-state index contributed by atoms with van der Waals surface area (Å²) < 4.78 is 31.7. The van der Waals surface area contributed by atoms with Crippen LogP contribution in [0.2, 0.25) is 0 Å². The van der Waals surface area contributed by atoms with Gasteiger partial charge in [-0.3, -0.25) is 9.88 Å². The highest BCUT2D eigenvalue weighted by atomic mass is 19.4. The average Bonchev–Trinajstić information content (AvgIpc) is 2.81. The maximum Gasteiger partial charge on any atom is 0.490 e. The SMILES string of the molecule is CC1CC=C(c2cc(C3CCN(Cc4ccccn4)CC3)ccc2N)CC1.O=C(O)C(F)(F)F. The number of anilines is 1. The zero-order valence-corrected chi connectivity index (χ0v) is 19.4. The molecular formula is C26H32F3N3O2. The number of nitrogens with two attached hydrogens (primary N) is 1. The molecule has 1 aliphatic heterocycles. The minimum absolute atomic E-state index is 0.646. The summed E-state index contributed by atoms with van der Waals surface area (Å²) >= 11 is 0. The molecule has 1 aromatic carbocycles. The normalized spacial score (nSPS) is 19.6. The Morgan fingerprint density at radius 1 is 1.18 bits per heavy atom. The maximum atomic E-state index is 10.6. The molecule has 5 nitrogen and oxygen atoms in total. The summed E-state index contributed by atoms with van der Waals surface area (Å²) in [5, 5.41) is 7.12. The molecule has 34 heavy (non-hydrogen) atoms. The molecule has 0 bridgehead atoms. The van der Waals surface area contributed by atoms with Crippen LogP contribution in [0.15, 0.2) is 48.7 Å². The van der Waals surface area contributed by atoms with Crippen LogP contribution >= 0.6 is 0 Å². The fourth-order valence-electron chi connectivity index (χ4n) is 4.46. The van der Waals surface area contributed by atoms with Gasteiger partial charge in [-0.2, -0.15) is 13.2 Å².